The van der Waals surface area contributed by atoms with Gasteiger partial charge < -0.3 is 18.9 Å². The van der Waals surface area contributed by atoms with Gasteiger partial charge in [-0.2, -0.15) is 4.98 Å². The standard InChI is InChI=1S/C26H29ClN4O4/c1-4-34-25-21(27)15-19(16-22(25)33-3)9-10-24(32)31-13-11-30(12-14-31)17-23-28-26(29-35-23)20-8-6-5-7-18(20)2/h5-10,15-16H,4,11-14,17H2,1-3H3/b10-9+. The van der Waals surface area contributed by atoms with Crippen LogP contribution in [0.3, 0.4) is 0 Å². The van der Waals surface area contributed by atoms with Crippen molar-refractivity contribution in [3.8, 4) is 22.9 Å². The zero-order valence-corrected chi connectivity index (χ0v) is 20.9. The van der Waals surface area contributed by atoms with Gasteiger partial charge in [-0.15, -0.1) is 0 Å². The summed E-state index contributed by atoms with van der Waals surface area (Å²) in [4.78, 5) is 21.3. The van der Waals surface area contributed by atoms with Gasteiger partial charge in [0.1, 0.15) is 0 Å². The minimum absolute atomic E-state index is 0.0479. The Labute approximate surface area is 210 Å². The second-order valence-electron chi connectivity index (χ2n) is 8.23. The van der Waals surface area contributed by atoms with Crippen LogP contribution < -0.4 is 9.47 Å². The first-order valence-corrected chi connectivity index (χ1v) is 11.9. The molecule has 3 aromatic rings. The number of methoxy groups -OCH3 is 1. The maximum atomic E-state index is 12.7. The molecule has 35 heavy (non-hydrogen) atoms. The lowest BCUT2D eigenvalue weighted by atomic mass is 10.1. The minimum Gasteiger partial charge on any atom is -0.493 e. The third kappa shape index (κ3) is 6.01. The van der Waals surface area contributed by atoms with Gasteiger partial charge in [-0.25, -0.2) is 0 Å². The Morgan fingerprint density at radius 1 is 1.20 bits per heavy atom. The van der Waals surface area contributed by atoms with E-state index in [1.165, 1.54) is 0 Å². The molecule has 0 saturated carbocycles. The van der Waals surface area contributed by atoms with Gasteiger partial charge in [0, 0.05) is 37.8 Å². The van der Waals surface area contributed by atoms with Crippen molar-refractivity contribution in [2.45, 2.75) is 20.4 Å². The Morgan fingerprint density at radius 2 is 1.97 bits per heavy atom. The van der Waals surface area contributed by atoms with Gasteiger partial charge in [-0.3, -0.25) is 9.69 Å². The molecule has 1 amide bonds. The second kappa shape index (κ2) is 11.4. The second-order valence-corrected chi connectivity index (χ2v) is 8.64. The first kappa shape index (κ1) is 24.8. The summed E-state index contributed by atoms with van der Waals surface area (Å²) in [6.45, 7) is 7.64. The maximum Gasteiger partial charge on any atom is 0.246 e. The van der Waals surface area contributed by atoms with Crippen molar-refractivity contribution in [3.05, 3.63) is 64.5 Å². The lowest BCUT2D eigenvalue weighted by molar-refractivity contribution is -0.127. The van der Waals surface area contributed by atoms with E-state index in [1.807, 2.05) is 43.0 Å². The molecule has 1 aliphatic rings. The predicted molar refractivity (Wildman–Crippen MR) is 135 cm³/mol. The van der Waals surface area contributed by atoms with Crippen molar-refractivity contribution in [3.63, 3.8) is 0 Å². The molecule has 0 atom stereocenters. The summed E-state index contributed by atoms with van der Waals surface area (Å²) < 4.78 is 16.4. The van der Waals surface area contributed by atoms with Gasteiger partial charge in [0.2, 0.25) is 17.6 Å². The third-order valence-electron chi connectivity index (χ3n) is 5.86. The molecule has 1 fully saturated rings. The van der Waals surface area contributed by atoms with Gasteiger partial charge in [-0.05, 0) is 43.2 Å². The van der Waals surface area contributed by atoms with Crippen molar-refractivity contribution in [2.75, 3.05) is 39.9 Å². The molecular formula is C26H29ClN4O4. The van der Waals surface area contributed by atoms with Gasteiger partial charge in [0.15, 0.2) is 11.5 Å². The smallest absolute Gasteiger partial charge is 0.246 e. The highest BCUT2D eigenvalue weighted by atomic mass is 35.5. The molecule has 4 rings (SSSR count). The lowest BCUT2D eigenvalue weighted by Gasteiger charge is -2.33. The Morgan fingerprint density at radius 3 is 2.69 bits per heavy atom. The average molecular weight is 497 g/mol. The fourth-order valence-corrected chi connectivity index (χ4v) is 4.24. The van der Waals surface area contributed by atoms with Gasteiger partial charge in [-0.1, -0.05) is 41.0 Å². The van der Waals surface area contributed by atoms with Gasteiger partial charge in [0.25, 0.3) is 0 Å². The zero-order chi connectivity index (χ0) is 24.8. The molecule has 2 heterocycles. The van der Waals surface area contributed by atoms with E-state index in [4.69, 9.17) is 25.6 Å². The molecule has 9 heteroatoms. The monoisotopic (exact) mass is 496 g/mol. The third-order valence-corrected chi connectivity index (χ3v) is 6.14. The van der Waals surface area contributed by atoms with E-state index >= 15 is 0 Å². The summed E-state index contributed by atoms with van der Waals surface area (Å²) in [5.74, 6) is 2.16. The topological polar surface area (TPSA) is 80.9 Å². The number of piperazine rings is 1. The number of ether oxygens (including phenoxy) is 2. The molecule has 8 nitrogen and oxygen atoms in total. The summed E-state index contributed by atoms with van der Waals surface area (Å²) in [6, 6.07) is 11.5. The van der Waals surface area contributed by atoms with E-state index in [2.05, 4.69) is 15.0 Å². The quantitative estimate of drug-likeness (QED) is 0.426. The van der Waals surface area contributed by atoms with Crippen LogP contribution in [0.15, 0.2) is 47.0 Å². The van der Waals surface area contributed by atoms with Crippen LogP contribution in [0.1, 0.15) is 23.9 Å². The van der Waals surface area contributed by atoms with E-state index in [1.54, 1.807) is 31.4 Å². The van der Waals surface area contributed by atoms with Crippen molar-refractivity contribution < 1.29 is 18.8 Å². The number of hydrogen-bond acceptors (Lipinski definition) is 7. The van der Waals surface area contributed by atoms with E-state index in [0.29, 0.717) is 54.5 Å². The van der Waals surface area contributed by atoms with Crippen LogP contribution in [-0.2, 0) is 11.3 Å². The predicted octanol–water partition coefficient (Wildman–Crippen LogP) is 4.46. The fourth-order valence-electron chi connectivity index (χ4n) is 3.96. The molecule has 0 bridgehead atoms. The van der Waals surface area contributed by atoms with Crippen molar-refractivity contribution in [2.24, 2.45) is 0 Å². The van der Waals surface area contributed by atoms with E-state index in [9.17, 15) is 4.79 Å². The number of aromatic nitrogens is 2. The molecular weight excluding hydrogens is 468 g/mol. The Hall–Kier alpha value is -3.36. The van der Waals surface area contributed by atoms with Crippen LogP contribution >= 0.6 is 11.6 Å². The van der Waals surface area contributed by atoms with Crippen LogP contribution in [0, 0.1) is 6.92 Å². The fraction of sp³-hybridized carbons (Fsp3) is 0.346. The molecule has 0 radical (unpaired) electrons. The highest BCUT2D eigenvalue weighted by molar-refractivity contribution is 6.32. The van der Waals surface area contributed by atoms with Crippen LogP contribution in [0.5, 0.6) is 11.5 Å². The number of aryl methyl sites for hydroxylation is 1. The minimum atomic E-state index is -0.0479. The molecule has 1 aromatic heterocycles. The average Bonchev–Trinajstić information content (AvgIpc) is 3.32. The zero-order valence-electron chi connectivity index (χ0n) is 20.2. The number of hydrogen-bond donors (Lipinski definition) is 0. The highest BCUT2D eigenvalue weighted by Gasteiger charge is 2.22. The molecule has 0 unspecified atom stereocenters. The summed E-state index contributed by atoms with van der Waals surface area (Å²) in [5, 5.41) is 4.57. The number of benzene rings is 2. The Balaban J connectivity index is 1.31. The van der Waals surface area contributed by atoms with Crippen LogP contribution in [0.25, 0.3) is 17.5 Å². The maximum absolute atomic E-state index is 12.7. The molecule has 0 spiro atoms. The molecule has 184 valence electrons. The van der Waals surface area contributed by atoms with Crippen LogP contribution in [-0.4, -0.2) is 65.7 Å². The number of carbonyl (C=O) groups excluding carboxylic acids is 1. The number of carbonyl (C=O) groups is 1. The van der Waals surface area contributed by atoms with Crippen molar-refractivity contribution in [1.82, 2.24) is 19.9 Å². The molecule has 0 N–H and O–H groups in total. The first-order valence-electron chi connectivity index (χ1n) is 11.6. The lowest BCUT2D eigenvalue weighted by Crippen LogP contribution is -2.47. The van der Waals surface area contributed by atoms with Crippen molar-refractivity contribution >= 4 is 23.6 Å². The molecule has 1 aliphatic heterocycles. The number of nitrogens with zero attached hydrogens (tertiary/aromatic N) is 4. The molecule has 1 saturated heterocycles. The summed E-state index contributed by atoms with van der Waals surface area (Å²) in [7, 11) is 1.56. The van der Waals surface area contributed by atoms with Gasteiger partial charge in [0.05, 0.1) is 25.3 Å². The van der Waals surface area contributed by atoms with E-state index in [-0.39, 0.29) is 5.91 Å². The number of rotatable bonds is 8. The Bertz CT molecular complexity index is 1200. The summed E-state index contributed by atoms with van der Waals surface area (Å²) >= 11 is 6.33. The number of amides is 1. The highest BCUT2D eigenvalue weighted by Crippen LogP contribution is 2.36. The molecule has 0 aliphatic carbocycles. The van der Waals surface area contributed by atoms with Crippen molar-refractivity contribution in [1.29, 1.82) is 0 Å². The van der Waals surface area contributed by atoms with E-state index in [0.717, 1.165) is 29.8 Å². The SMILES string of the molecule is CCOc1c(Cl)cc(/C=C/C(=O)N2CCN(Cc3nc(-c4ccccc4C)no3)CC2)cc1OC. The normalized spacial score (nSPS) is 14.5. The van der Waals surface area contributed by atoms with E-state index < -0.39 is 0 Å². The van der Waals surface area contributed by atoms with Gasteiger partial charge >= 0.3 is 0 Å². The largest absolute Gasteiger partial charge is 0.493 e. The van der Waals surface area contributed by atoms with Crippen LogP contribution in [0.4, 0.5) is 0 Å². The first-order chi connectivity index (χ1) is 17.0. The summed E-state index contributed by atoms with van der Waals surface area (Å²) in [5.41, 5.74) is 2.84. The molecule has 2 aromatic carbocycles. The Kier molecular flexibility index (Phi) is 8.05. The summed E-state index contributed by atoms with van der Waals surface area (Å²) in [6.07, 6.45) is 3.30. The number of halogens is 1. The van der Waals surface area contributed by atoms with Crippen LogP contribution in [0.2, 0.25) is 5.02 Å².